The number of aliphatic imine (C=N–C) groups is 1. The first-order valence-electron chi connectivity index (χ1n) is 9.38. The molecule has 0 heterocycles. The molecule has 146 valence electrons. The average molecular weight is 382 g/mol. The predicted molar refractivity (Wildman–Crippen MR) is 105 cm³/mol. The first-order valence-corrected chi connectivity index (χ1v) is 11.3. The molecule has 0 radical (unpaired) electrons. The van der Waals surface area contributed by atoms with E-state index in [4.69, 9.17) is 4.74 Å². The van der Waals surface area contributed by atoms with Crippen molar-refractivity contribution in [3.05, 3.63) is 29.8 Å². The molecule has 1 aliphatic rings. The van der Waals surface area contributed by atoms with Crippen LogP contribution < -0.4 is 10.6 Å². The molecule has 0 saturated heterocycles. The lowest BCUT2D eigenvalue weighted by molar-refractivity contribution is 0.123. The van der Waals surface area contributed by atoms with Gasteiger partial charge in [0.05, 0.1) is 4.90 Å². The molecule has 1 aliphatic carbocycles. The van der Waals surface area contributed by atoms with E-state index >= 15 is 0 Å². The smallest absolute Gasteiger partial charge is 0.191 e. The number of rotatable bonds is 11. The number of nitrogens with one attached hydrogen (secondary N) is 2. The molecule has 1 fully saturated rings. The molecule has 7 heteroatoms. The van der Waals surface area contributed by atoms with Gasteiger partial charge in [-0.1, -0.05) is 12.1 Å². The third-order valence-electron chi connectivity index (χ3n) is 4.17. The van der Waals surface area contributed by atoms with Gasteiger partial charge in [0.15, 0.2) is 15.8 Å². The Balaban J connectivity index is 1.68. The highest BCUT2D eigenvalue weighted by Crippen LogP contribution is 2.28. The summed E-state index contributed by atoms with van der Waals surface area (Å²) in [7, 11) is -3.13. The fourth-order valence-corrected chi connectivity index (χ4v) is 3.09. The molecule has 0 unspecified atom stereocenters. The van der Waals surface area contributed by atoms with E-state index in [2.05, 4.69) is 15.6 Å². The number of benzene rings is 1. The lowest BCUT2D eigenvalue weighted by atomic mass is 10.1. The topological polar surface area (TPSA) is 79.8 Å². The zero-order valence-electron chi connectivity index (χ0n) is 15.8. The first-order chi connectivity index (χ1) is 12.5. The predicted octanol–water partition coefficient (Wildman–Crippen LogP) is 2.00. The second-order valence-corrected chi connectivity index (χ2v) is 8.74. The molecule has 0 aromatic heterocycles. The van der Waals surface area contributed by atoms with E-state index in [0.29, 0.717) is 4.90 Å². The van der Waals surface area contributed by atoms with Crippen LogP contribution in [0.25, 0.3) is 0 Å². The van der Waals surface area contributed by atoms with Crippen LogP contribution in [0.4, 0.5) is 0 Å². The zero-order valence-corrected chi connectivity index (χ0v) is 16.6. The molecule has 1 aromatic rings. The van der Waals surface area contributed by atoms with Crippen molar-refractivity contribution in [2.75, 3.05) is 39.1 Å². The summed E-state index contributed by atoms with van der Waals surface area (Å²) in [6.07, 6.45) is 5.60. The lowest BCUT2D eigenvalue weighted by Crippen LogP contribution is -2.38. The van der Waals surface area contributed by atoms with Crippen LogP contribution in [-0.4, -0.2) is 53.5 Å². The Morgan fingerprint density at radius 1 is 1.23 bits per heavy atom. The monoisotopic (exact) mass is 381 g/mol. The van der Waals surface area contributed by atoms with Gasteiger partial charge in [0, 0.05) is 39.1 Å². The Labute approximate surface area is 157 Å². The molecule has 2 N–H and O–H groups in total. The highest BCUT2D eigenvalue weighted by Gasteiger charge is 2.20. The van der Waals surface area contributed by atoms with Crippen LogP contribution in [0, 0.1) is 5.92 Å². The van der Waals surface area contributed by atoms with Crippen molar-refractivity contribution in [1.29, 1.82) is 0 Å². The van der Waals surface area contributed by atoms with Crippen molar-refractivity contribution in [1.82, 2.24) is 10.6 Å². The van der Waals surface area contributed by atoms with Gasteiger partial charge >= 0.3 is 0 Å². The van der Waals surface area contributed by atoms with Crippen molar-refractivity contribution < 1.29 is 13.2 Å². The van der Waals surface area contributed by atoms with Gasteiger partial charge in [-0.15, -0.1) is 0 Å². The van der Waals surface area contributed by atoms with Crippen LogP contribution in [0.5, 0.6) is 0 Å². The lowest BCUT2D eigenvalue weighted by Gasteiger charge is -2.11. The third-order valence-corrected chi connectivity index (χ3v) is 5.30. The van der Waals surface area contributed by atoms with E-state index in [1.54, 1.807) is 12.1 Å². The van der Waals surface area contributed by atoms with Gasteiger partial charge in [0.1, 0.15) is 0 Å². The van der Waals surface area contributed by atoms with E-state index in [9.17, 15) is 8.42 Å². The number of hydrogen-bond acceptors (Lipinski definition) is 4. The van der Waals surface area contributed by atoms with Crippen molar-refractivity contribution in [3.63, 3.8) is 0 Å². The van der Waals surface area contributed by atoms with Gasteiger partial charge in [-0.3, -0.25) is 4.99 Å². The minimum Gasteiger partial charge on any atom is -0.381 e. The van der Waals surface area contributed by atoms with Gasteiger partial charge in [-0.25, -0.2) is 8.42 Å². The van der Waals surface area contributed by atoms with Gasteiger partial charge in [-0.05, 0) is 56.2 Å². The Hall–Kier alpha value is -1.60. The normalized spacial score (nSPS) is 15.1. The van der Waals surface area contributed by atoms with Crippen molar-refractivity contribution in [2.24, 2.45) is 10.9 Å². The number of guanidine groups is 1. The van der Waals surface area contributed by atoms with Gasteiger partial charge < -0.3 is 15.4 Å². The standard InChI is InChI=1S/C19H31N3O3S/c1-3-20-19(21-12-4-14-25-15-17-5-6-17)22-13-11-16-7-9-18(10-8-16)26(2,23)24/h7-10,17H,3-6,11-15H2,1-2H3,(H2,20,21,22). The summed E-state index contributed by atoms with van der Waals surface area (Å²) in [4.78, 5) is 4.91. The number of ether oxygens (including phenoxy) is 1. The van der Waals surface area contributed by atoms with E-state index in [1.807, 2.05) is 19.1 Å². The Morgan fingerprint density at radius 2 is 1.96 bits per heavy atom. The molecular formula is C19H31N3O3S. The minimum atomic E-state index is -3.13. The highest BCUT2D eigenvalue weighted by atomic mass is 32.2. The van der Waals surface area contributed by atoms with Crippen LogP contribution in [0.3, 0.4) is 0 Å². The van der Waals surface area contributed by atoms with E-state index in [1.165, 1.54) is 19.1 Å². The maximum absolute atomic E-state index is 11.5. The molecule has 0 amide bonds. The molecular weight excluding hydrogens is 350 g/mol. The highest BCUT2D eigenvalue weighted by molar-refractivity contribution is 7.90. The van der Waals surface area contributed by atoms with Crippen LogP contribution in [0.15, 0.2) is 34.2 Å². The zero-order chi connectivity index (χ0) is 18.8. The third kappa shape index (κ3) is 8.19. The Morgan fingerprint density at radius 3 is 2.58 bits per heavy atom. The molecule has 0 bridgehead atoms. The quantitative estimate of drug-likeness (QED) is 0.348. The first kappa shape index (κ1) is 20.7. The number of nitrogens with zero attached hydrogens (tertiary/aromatic N) is 1. The SMILES string of the molecule is CCNC(=NCCCOCC1CC1)NCCc1ccc(S(C)(=O)=O)cc1. The largest absolute Gasteiger partial charge is 0.381 e. The van der Waals surface area contributed by atoms with Crippen molar-refractivity contribution >= 4 is 15.8 Å². The molecule has 2 rings (SSSR count). The van der Waals surface area contributed by atoms with Gasteiger partial charge in [-0.2, -0.15) is 0 Å². The molecule has 1 aromatic carbocycles. The average Bonchev–Trinajstić information content (AvgIpc) is 3.42. The maximum Gasteiger partial charge on any atom is 0.191 e. The van der Waals surface area contributed by atoms with Gasteiger partial charge in [0.25, 0.3) is 0 Å². The van der Waals surface area contributed by atoms with Crippen LogP contribution >= 0.6 is 0 Å². The summed E-state index contributed by atoms with van der Waals surface area (Å²) in [5.74, 6) is 1.62. The minimum absolute atomic E-state index is 0.355. The number of hydrogen-bond donors (Lipinski definition) is 2. The summed E-state index contributed by atoms with van der Waals surface area (Å²) in [5.41, 5.74) is 1.09. The Kier molecular flexibility index (Phi) is 8.38. The summed E-state index contributed by atoms with van der Waals surface area (Å²) in [6.45, 7) is 6.00. The fourth-order valence-electron chi connectivity index (χ4n) is 2.46. The van der Waals surface area contributed by atoms with Crippen LogP contribution in [0.2, 0.25) is 0 Å². The van der Waals surface area contributed by atoms with Gasteiger partial charge in [0.2, 0.25) is 0 Å². The molecule has 0 atom stereocenters. The second kappa shape index (κ2) is 10.5. The second-order valence-electron chi connectivity index (χ2n) is 6.73. The molecule has 0 spiro atoms. The maximum atomic E-state index is 11.5. The van der Waals surface area contributed by atoms with E-state index < -0.39 is 9.84 Å². The molecule has 1 saturated carbocycles. The van der Waals surface area contributed by atoms with Crippen molar-refractivity contribution in [2.45, 2.75) is 37.5 Å². The summed E-state index contributed by atoms with van der Waals surface area (Å²) in [5, 5.41) is 6.55. The fraction of sp³-hybridized carbons (Fsp3) is 0.632. The van der Waals surface area contributed by atoms with E-state index in [-0.39, 0.29) is 0 Å². The number of sulfone groups is 1. The van der Waals surface area contributed by atoms with E-state index in [0.717, 1.165) is 63.1 Å². The van der Waals surface area contributed by atoms with Crippen LogP contribution in [0.1, 0.15) is 31.7 Å². The van der Waals surface area contributed by atoms with Crippen molar-refractivity contribution in [3.8, 4) is 0 Å². The summed E-state index contributed by atoms with van der Waals surface area (Å²) in [6, 6.07) is 7.04. The van der Waals surface area contributed by atoms with Crippen LogP contribution in [-0.2, 0) is 21.0 Å². The summed E-state index contributed by atoms with van der Waals surface area (Å²) < 4.78 is 28.6. The molecule has 0 aliphatic heterocycles. The molecule has 26 heavy (non-hydrogen) atoms. The Bertz CT molecular complexity index is 668. The summed E-state index contributed by atoms with van der Waals surface area (Å²) >= 11 is 0. The molecule has 6 nitrogen and oxygen atoms in total.